The summed E-state index contributed by atoms with van der Waals surface area (Å²) in [5, 5.41) is 7.44. The first-order valence-electron chi connectivity index (χ1n) is 5.69. The van der Waals surface area contributed by atoms with Gasteiger partial charge in [-0.2, -0.15) is 0 Å². The van der Waals surface area contributed by atoms with Crippen LogP contribution in [0, 0.1) is 0 Å². The number of nitrogens with zero attached hydrogens (tertiary/aromatic N) is 2. The van der Waals surface area contributed by atoms with Gasteiger partial charge in [0.2, 0.25) is 28.4 Å². The molecular formula is C11H11ClN2O4S3. The van der Waals surface area contributed by atoms with E-state index < -0.39 is 19.7 Å². The van der Waals surface area contributed by atoms with Gasteiger partial charge in [0.1, 0.15) is 0 Å². The topological polar surface area (TPSA) is 94.1 Å². The van der Waals surface area contributed by atoms with Crippen molar-refractivity contribution in [3.63, 3.8) is 0 Å². The molecule has 1 aromatic heterocycles. The molecule has 0 fully saturated rings. The Morgan fingerprint density at radius 3 is 2.14 bits per heavy atom. The van der Waals surface area contributed by atoms with Gasteiger partial charge in [-0.05, 0) is 24.1 Å². The Bertz CT molecular complexity index is 842. The minimum absolute atomic E-state index is 0.174. The van der Waals surface area contributed by atoms with E-state index in [9.17, 15) is 16.8 Å². The smallest absolute Gasteiger partial charge is 0.221 e. The molecular weight excluding hydrogens is 356 g/mol. The Balaban J connectivity index is 2.15. The van der Waals surface area contributed by atoms with Crippen molar-refractivity contribution < 1.29 is 16.8 Å². The standard InChI is InChI=1S/C11H11ClN2O4S3/c1-20(15,16)10-13-14-11(19-10)21(17,18)7-6-8-2-4-9(12)5-3-8/h2-5H,6-7H2,1H3. The van der Waals surface area contributed by atoms with Gasteiger partial charge in [-0.25, -0.2) is 16.8 Å². The Hall–Kier alpha value is -1.03. The third-order valence-electron chi connectivity index (χ3n) is 2.54. The van der Waals surface area contributed by atoms with Gasteiger partial charge in [0.15, 0.2) is 0 Å². The number of aromatic nitrogens is 2. The fourth-order valence-corrected chi connectivity index (χ4v) is 4.93. The SMILES string of the molecule is CS(=O)(=O)c1nnc(S(=O)(=O)CCc2ccc(Cl)cc2)s1. The first-order chi connectivity index (χ1) is 9.68. The summed E-state index contributed by atoms with van der Waals surface area (Å²) in [7, 11) is -7.21. The average Bonchev–Trinajstić information content (AvgIpc) is 2.88. The molecule has 0 atom stereocenters. The van der Waals surface area contributed by atoms with E-state index in [1.807, 2.05) is 0 Å². The van der Waals surface area contributed by atoms with Crippen molar-refractivity contribution in [3.8, 4) is 0 Å². The second-order valence-corrected chi connectivity index (χ2v) is 10.2. The van der Waals surface area contributed by atoms with Crippen molar-refractivity contribution in [2.24, 2.45) is 0 Å². The van der Waals surface area contributed by atoms with Crippen molar-refractivity contribution >= 4 is 42.6 Å². The van der Waals surface area contributed by atoms with E-state index in [0.29, 0.717) is 16.4 Å². The molecule has 0 spiro atoms. The van der Waals surface area contributed by atoms with Gasteiger partial charge in [0.25, 0.3) is 0 Å². The summed E-state index contributed by atoms with van der Waals surface area (Å²) in [6, 6.07) is 6.83. The predicted molar refractivity (Wildman–Crippen MR) is 80.2 cm³/mol. The van der Waals surface area contributed by atoms with Crippen molar-refractivity contribution in [3.05, 3.63) is 34.9 Å². The van der Waals surface area contributed by atoms with Crippen LogP contribution >= 0.6 is 22.9 Å². The highest BCUT2D eigenvalue weighted by Crippen LogP contribution is 2.21. The first-order valence-corrected chi connectivity index (χ1v) is 10.4. The number of sulfone groups is 2. The summed E-state index contributed by atoms with van der Waals surface area (Å²) >= 11 is 6.32. The lowest BCUT2D eigenvalue weighted by molar-refractivity contribution is 0.591. The normalized spacial score (nSPS) is 12.5. The van der Waals surface area contributed by atoms with Crippen LogP contribution in [0.15, 0.2) is 32.9 Å². The summed E-state index contributed by atoms with van der Waals surface area (Å²) in [5.41, 5.74) is 0.816. The van der Waals surface area contributed by atoms with Crippen LogP contribution in [0.5, 0.6) is 0 Å². The van der Waals surface area contributed by atoms with E-state index in [0.717, 1.165) is 11.8 Å². The molecule has 0 saturated heterocycles. The summed E-state index contributed by atoms with van der Waals surface area (Å²) in [5.74, 6) is -0.174. The van der Waals surface area contributed by atoms with Crippen LogP contribution in [-0.4, -0.2) is 39.0 Å². The number of halogens is 1. The van der Waals surface area contributed by atoms with Crippen LogP contribution in [0.3, 0.4) is 0 Å². The summed E-state index contributed by atoms with van der Waals surface area (Å²) in [4.78, 5) is 0. The quantitative estimate of drug-likeness (QED) is 0.797. The van der Waals surface area contributed by atoms with E-state index in [2.05, 4.69) is 10.2 Å². The molecule has 21 heavy (non-hydrogen) atoms. The van der Waals surface area contributed by atoms with Crippen molar-refractivity contribution in [1.82, 2.24) is 10.2 Å². The molecule has 0 radical (unpaired) electrons. The molecule has 0 bridgehead atoms. The van der Waals surface area contributed by atoms with Gasteiger partial charge in [-0.1, -0.05) is 35.1 Å². The number of aryl methyl sites for hydroxylation is 1. The highest BCUT2D eigenvalue weighted by atomic mass is 35.5. The lowest BCUT2D eigenvalue weighted by Gasteiger charge is -2.01. The Labute approximate surface area is 131 Å². The average molecular weight is 367 g/mol. The minimum Gasteiger partial charge on any atom is -0.221 e. The Kier molecular flexibility index (Phi) is 4.66. The maximum absolute atomic E-state index is 12.1. The number of hydrogen-bond acceptors (Lipinski definition) is 7. The molecule has 10 heteroatoms. The number of rotatable bonds is 5. The summed E-state index contributed by atoms with van der Waals surface area (Å²) < 4.78 is 46.2. The predicted octanol–water partition coefficient (Wildman–Crippen LogP) is 1.61. The van der Waals surface area contributed by atoms with Crippen LogP contribution in [-0.2, 0) is 26.1 Å². The third-order valence-corrected chi connectivity index (χ3v) is 7.55. The third kappa shape index (κ3) is 4.22. The molecule has 0 unspecified atom stereocenters. The van der Waals surface area contributed by atoms with Crippen molar-refractivity contribution in [1.29, 1.82) is 0 Å². The van der Waals surface area contributed by atoms with Crippen LogP contribution in [0.2, 0.25) is 5.02 Å². The molecule has 0 aliphatic rings. The maximum atomic E-state index is 12.1. The van der Waals surface area contributed by atoms with Gasteiger partial charge in [0, 0.05) is 11.3 Å². The van der Waals surface area contributed by atoms with Crippen molar-refractivity contribution in [2.45, 2.75) is 15.1 Å². The molecule has 0 aliphatic carbocycles. The fourth-order valence-electron chi connectivity index (χ4n) is 1.46. The van der Waals surface area contributed by atoms with Gasteiger partial charge >= 0.3 is 0 Å². The van der Waals surface area contributed by atoms with Crippen LogP contribution in [0.25, 0.3) is 0 Å². The second kappa shape index (κ2) is 5.99. The van der Waals surface area contributed by atoms with Gasteiger partial charge < -0.3 is 0 Å². The van der Waals surface area contributed by atoms with Gasteiger partial charge in [-0.15, -0.1) is 10.2 Å². The largest absolute Gasteiger partial charge is 0.233 e. The summed E-state index contributed by atoms with van der Waals surface area (Å²) in [6.45, 7) is 0. The molecule has 2 rings (SSSR count). The minimum atomic E-state index is -3.66. The van der Waals surface area contributed by atoms with Crippen molar-refractivity contribution in [2.75, 3.05) is 12.0 Å². The van der Waals surface area contributed by atoms with E-state index in [1.165, 1.54) is 0 Å². The maximum Gasteiger partial charge on any atom is 0.233 e. The summed E-state index contributed by atoms with van der Waals surface area (Å²) in [6.07, 6.45) is 1.24. The van der Waals surface area contributed by atoms with E-state index in [-0.39, 0.29) is 20.9 Å². The zero-order valence-electron chi connectivity index (χ0n) is 10.9. The first kappa shape index (κ1) is 16.3. The number of benzene rings is 1. The lowest BCUT2D eigenvalue weighted by Crippen LogP contribution is -2.09. The van der Waals surface area contributed by atoms with E-state index >= 15 is 0 Å². The van der Waals surface area contributed by atoms with Gasteiger partial charge in [-0.3, -0.25) is 0 Å². The second-order valence-electron chi connectivity index (χ2n) is 4.30. The van der Waals surface area contributed by atoms with E-state index in [4.69, 9.17) is 11.6 Å². The Morgan fingerprint density at radius 2 is 1.62 bits per heavy atom. The highest BCUT2D eigenvalue weighted by Gasteiger charge is 2.23. The molecule has 1 aromatic carbocycles. The molecule has 114 valence electrons. The molecule has 6 nitrogen and oxygen atoms in total. The zero-order chi connectivity index (χ0) is 15.7. The van der Waals surface area contributed by atoms with Crippen LogP contribution in [0.4, 0.5) is 0 Å². The molecule has 0 amide bonds. The molecule has 0 aliphatic heterocycles. The Morgan fingerprint density at radius 1 is 1.05 bits per heavy atom. The lowest BCUT2D eigenvalue weighted by atomic mass is 10.2. The highest BCUT2D eigenvalue weighted by molar-refractivity contribution is 7.95. The molecule has 0 N–H and O–H groups in total. The van der Waals surface area contributed by atoms with Crippen LogP contribution in [0.1, 0.15) is 5.56 Å². The van der Waals surface area contributed by atoms with E-state index in [1.54, 1.807) is 24.3 Å². The zero-order valence-corrected chi connectivity index (χ0v) is 14.1. The fraction of sp³-hybridized carbons (Fsp3) is 0.273. The molecule has 2 aromatic rings. The monoisotopic (exact) mass is 366 g/mol. The molecule has 1 heterocycles. The molecule has 0 saturated carbocycles. The van der Waals surface area contributed by atoms with Crippen LogP contribution < -0.4 is 0 Å². The number of hydrogen-bond donors (Lipinski definition) is 0. The van der Waals surface area contributed by atoms with Gasteiger partial charge in [0.05, 0.1) is 5.75 Å².